The number of sulfonamides is 1. The molecule has 0 saturated heterocycles. The molecular weight excluding hydrogens is 605 g/mol. The second-order valence-electron chi connectivity index (χ2n) is 9.92. The molecule has 0 aliphatic heterocycles. The lowest BCUT2D eigenvalue weighted by Crippen LogP contribution is -2.53. The van der Waals surface area contributed by atoms with Crippen LogP contribution in [0, 0.1) is 5.82 Å². The number of anilines is 1. The summed E-state index contributed by atoms with van der Waals surface area (Å²) in [6, 6.07) is 25.7. The van der Waals surface area contributed by atoms with E-state index in [1.807, 2.05) is 30.3 Å². The molecule has 1 N–H and O–H groups in total. The molecule has 0 saturated carbocycles. The van der Waals surface area contributed by atoms with Crippen molar-refractivity contribution in [1.29, 1.82) is 0 Å². The van der Waals surface area contributed by atoms with Crippen molar-refractivity contribution >= 4 is 39.1 Å². The van der Waals surface area contributed by atoms with Crippen molar-refractivity contribution in [1.82, 2.24) is 10.2 Å². The number of halogens is 2. The number of nitrogens with zero attached hydrogens (tertiary/aromatic N) is 2. The van der Waals surface area contributed by atoms with E-state index in [-0.39, 0.29) is 23.5 Å². The molecular formula is C33H33ClFN3O5S. The normalized spacial score (nSPS) is 11.8. The highest BCUT2D eigenvalue weighted by atomic mass is 35.5. The largest absolute Gasteiger partial charge is 0.497 e. The Morgan fingerprint density at radius 3 is 2.18 bits per heavy atom. The summed E-state index contributed by atoms with van der Waals surface area (Å²) in [5.74, 6) is -1.15. The molecule has 4 rings (SSSR count). The molecule has 11 heteroatoms. The van der Waals surface area contributed by atoms with Crippen LogP contribution in [0.4, 0.5) is 10.1 Å². The van der Waals surface area contributed by atoms with E-state index in [9.17, 15) is 22.4 Å². The van der Waals surface area contributed by atoms with Crippen LogP contribution in [0.5, 0.6) is 5.75 Å². The number of hydrogen-bond donors (Lipinski definition) is 1. The summed E-state index contributed by atoms with van der Waals surface area (Å²) in [4.78, 5) is 29.1. The van der Waals surface area contributed by atoms with Gasteiger partial charge in [0.1, 0.15) is 24.2 Å². The van der Waals surface area contributed by atoms with Crippen LogP contribution in [0.3, 0.4) is 0 Å². The third-order valence-corrected chi connectivity index (χ3v) is 8.93. The van der Waals surface area contributed by atoms with E-state index in [1.54, 1.807) is 31.2 Å². The molecule has 4 aromatic rings. The molecule has 0 unspecified atom stereocenters. The van der Waals surface area contributed by atoms with E-state index in [0.29, 0.717) is 22.9 Å². The van der Waals surface area contributed by atoms with Crippen molar-refractivity contribution in [3.8, 4) is 5.75 Å². The van der Waals surface area contributed by atoms with Gasteiger partial charge in [-0.25, -0.2) is 12.8 Å². The van der Waals surface area contributed by atoms with Gasteiger partial charge >= 0.3 is 0 Å². The van der Waals surface area contributed by atoms with Gasteiger partial charge in [0.05, 0.1) is 17.7 Å². The number of carbonyl (C=O) groups is 2. The lowest BCUT2D eigenvalue weighted by molar-refractivity contribution is -0.140. The molecule has 4 aromatic carbocycles. The zero-order valence-corrected chi connectivity index (χ0v) is 25.9. The fraction of sp³-hybridized carbons (Fsp3) is 0.212. The van der Waals surface area contributed by atoms with Crippen molar-refractivity contribution in [2.24, 2.45) is 0 Å². The van der Waals surface area contributed by atoms with Crippen molar-refractivity contribution in [2.45, 2.75) is 30.8 Å². The first-order chi connectivity index (χ1) is 21.1. The summed E-state index contributed by atoms with van der Waals surface area (Å²) in [6.45, 7) is 1.42. The third kappa shape index (κ3) is 8.15. The van der Waals surface area contributed by atoms with Gasteiger partial charge in [-0.05, 0) is 78.7 Å². The lowest BCUT2D eigenvalue weighted by atomic mass is 10.0. The van der Waals surface area contributed by atoms with E-state index in [1.165, 1.54) is 48.4 Å². The molecule has 0 bridgehead atoms. The lowest BCUT2D eigenvalue weighted by Gasteiger charge is -2.33. The smallest absolute Gasteiger partial charge is 0.264 e. The number of benzene rings is 4. The summed E-state index contributed by atoms with van der Waals surface area (Å²) < 4.78 is 48.0. The quantitative estimate of drug-likeness (QED) is 0.210. The topological polar surface area (TPSA) is 96.0 Å². The first-order valence-corrected chi connectivity index (χ1v) is 15.7. The van der Waals surface area contributed by atoms with Gasteiger partial charge in [0.25, 0.3) is 10.0 Å². The number of methoxy groups -OCH3 is 1. The van der Waals surface area contributed by atoms with Crippen molar-refractivity contribution in [3.05, 3.63) is 125 Å². The highest BCUT2D eigenvalue weighted by Crippen LogP contribution is 2.27. The molecule has 0 heterocycles. The Bertz CT molecular complexity index is 1670. The first kappa shape index (κ1) is 32.5. The van der Waals surface area contributed by atoms with Crippen molar-refractivity contribution in [3.63, 3.8) is 0 Å². The maximum Gasteiger partial charge on any atom is 0.264 e. The number of carbonyl (C=O) groups excluding carboxylic acids is 2. The maximum atomic E-state index is 14.3. The van der Waals surface area contributed by atoms with Crippen LogP contribution < -0.4 is 14.4 Å². The molecule has 0 radical (unpaired) electrons. The molecule has 0 aromatic heterocycles. The minimum Gasteiger partial charge on any atom is -0.497 e. The standard InChI is InChI=1S/C33H33ClFN3O5S/c1-3-36-33(40)31(21-24-8-5-4-6-9-24)37(22-25-10-7-11-26(34)20-25)32(39)23-38(28-14-12-27(35)13-15-28)44(41,42)30-18-16-29(43-2)17-19-30/h4-20,31H,3,21-23H2,1-2H3,(H,36,40)/t31-/m0/s1. The van der Waals surface area contributed by atoms with Crippen molar-refractivity contribution < 1.29 is 27.1 Å². The molecule has 0 aliphatic carbocycles. The number of ether oxygens (including phenoxy) is 1. The zero-order chi connectivity index (χ0) is 31.7. The summed E-state index contributed by atoms with van der Waals surface area (Å²) in [5, 5.41) is 3.26. The van der Waals surface area contributed by atoms with E-state index in [0.717, 1.165) is 22.0 Å². The predicted molar refractivity (Wildman–Crippen MR) is 169 cm³/mol. The zero-order valence-electron chi connectivity index (χ0n) is 24.3. The monoisotopic (exact) mass is 637 g/mol. The van der Waals surface area contributed by atoms with Crippen LogP contribution in [0.15, 0.2) is 108 Å². The molecule has 1 atom stereocenters. The van der Waals surface area contributed by atoms with E-state index < -0.39 is 40.2 Å². The molecule has 0 spiro atoms. The van der Waals surface area contributed by atoms with Gasteiger partial charge in [0.2, 0.25) is 11.8 Å². The summed E-state index contributed by atoms with van der Waals surface area (Å²) in [5.41, 5.74) is 1.55. The Kier molecular flexibility index (Phi) is 11.0. The second kappa shape index (κ2) is 14.9. The molecule has 8 nitrogen and oxygen atoms in total. The fourth-order valence-corrected chi connectivity index (χ4v) is 6.32. The number of amides is 2. The molecule has 44 heavy (non-hydrogen) atoms. The Hall–Kier alpha value is -4.41. The van der Waals surface area contributed by atoms with Crippen LogP contribution in [0.25, 0.3) is 0 Å². The van der Waals surface area contributed by atoms with Crippen LogP contribution in [-0.2, 0) is 32.6 Å². The predicted octanol–water partition coefficient (Wildman–Crippen LogP) is 5.46. The van der Waals surface area contributed by atoms with Gasteiger partial charge < -0.3 is 15.0 Å². The minimum atomic E-state index is -4.33. The van der Waals surface area contributed by atoms with Gasteiger partial charge in [0, 0.05) is 24.5 Å². The van der Waals surface area contributed by atoms with Gasteiger partial charge in [-0.1, -0.05) is 54.1 Å². The number of nitrogens with one attached hydrogen (secondary N) is 1. The Balaban J connectivity index is 1.79. The van der Waals surface area contributed by atoms with Gasteiger partial charge in [-0.2, -0.15) is 0 Å². The van der Waals surface area contributed by atoms with Gasteiger partial charge in [-0.3, -0.25) is 13.9 Å². The molecule has 0 fully saturated rings. The maximum absolute atomic E-state index is 14.3. The van der Waals surface area contributed by atoms with E-state index >= 15 is 0 Å². The summed E-state index contributed by atoms with van der Waals surface area (Å²) in [6.07, 6.45) is 0.181. The van der Waals surface area contributed by atoms with E-state index in [2.05, 4.69) is 5.32 Å². The number of hydrogen-bond acceptors (Lipinski definition) is 5. The van der Waals surface area contributed by atoms with Gasteiger partial charge in [0.15, 0.2) is 0 Å². The summed E-state index contributed by atoms with van der Waals surface area (Å²) in [7, 11) is -2.87. The number of rotatable bonds is 13. The van der Waals surface area contributed by atoms with Crippen LogP contribution >= 0.6 is 11.6 Å². The first-order valence-electron chi connectivity index (χ1n) is 13.9. The highest BCUT2D eigenvalue weighted by Gasteiger charge is 2.34. The van der Waals surface area contributed by atoms with E-state index in [4.69, 9.17) is 16.3 Å². The Morgan fingerprint density at radius 2 is 1.57 bits per heavy atom. The average molecular weight is 638 g/mol. The highest BCUT2D eigenvalue weighted by molar-refractivity contribution is 7.92. The molecule has 0 aliphatic rings. The summed E-state index contributed by atoms with van der Waals surface area (Å²) >= 11 is 6.25. The number of likely N-dealkylation sites (N-methyl/N-ethyl adjacent to an activating group) is 1. The molecule has 2 amide bonds. The van der Waals surface area contributed by atoms with Crippen LogP contribution in [0.2, 0.25) is 5.02 Å². The SMILES string of the molecule is CCNC(=O)[C@H](Cc1ccccc1)N(Cc1cccc(Cl)c1)C(=O)CN(c1ccc(F)cc1)S(=O)(=O)c1ccc(OC)cc1. The third-order valence-electron chi connectivity index (χ3n) is 6.90. The Labute approximate surface area is 262 Å². The van der Waals surface area contributed by atoms with Crippen molar-refractivity contribution in [2.75, 3.05) is 24.5 Å². The van der Waals surface area contributed by atoms with Crippen LogP contribution in [-0.4, -0.2) is 51.4 Å². The Morgan fingerprint density at radius 1 is 0.909 bits per heavy atom. The minimum absolute atomic E-state index is 0.0200. The second-order valence-corrected chi connectivity index (χ2v) is 12.2. The van der Waals surface area contributed by atoms with Gasteiger partial charge in [-0.15, -0.1) is 0 Å². The fourth-order valence-electron chi connectivity index (χ4n) is 4.69. The molecule has 230 valence electrons. The van der Waals surface area contributed by atoms with Crippen LogP contribution in [0.1, 0.15) is 18.1 Å². The average Bonchev–Trinajstić information content (AvgIpc) is 3.02.